The predicted molar refractivity (Wildman–Crippen MR) is 114 cm³/mol. The van der Waals surface area contributed by atoms with Crippen molar-refractivity contribution in [1.82, 2.24) is 5.01 Å². The van der Waals surface area contributed by atoms with E-state index in [2.05, 4.69) is 18.2 Å². The fraction of sp³-hybridized carbons (Fsp3) is 0.240. The van der Waals surface area contributed by atoms with E-state index in [-0.39, 0.29) is 18.0 Å². The summed E-state index contributed by atoms with van der Waals surface area (Å²) in [7, 11) is 0. The number of hydrogen-bond acceptors (Lipinski definition) is 4. The zero-order chi connectivity index (χ0) is 20.7. The number of hydrogen-bond donors (Lipinski definition) is 0. The molecule has 0 saturated heterocycles. The second-order valence-electron chi connectivity index (χ2n) is 7.90. The smallest absolute Gasteiger partial charge is 0.213 e. The van der Waals surface area contributed by atoms with Gasteiger partial charge in [0.1, 0.15) is 17.3 Å². The Bertz CT molecular complexity index is 1080. The fourth-order valence-corrected chi connectivity index (χ4v) is 4.05. The number of para-hydroxylation sites is 1. The lowest BCUT2D eigenvalue weighted by molar-refractivity contribution is -0.0190. The first-order valence-electron chi connectivity index (χ1n) is 10.2. The Hall–Kier alpha value is -3.34. The maximum absolute atomic E-state index is 13.5. The predicted octanol–water partition coefficient (Wildman–Crippen LogP) is 5.86. The van der Waals surface area contributed by atoms with Crippen molar-refractivity contribution in [3.05, 3.63) is 95.3 Å². The van der Waals surface area contributed by atoms with Gasteiger partial charge in [-0.15, -0.1) is 0 Å². The maximum Gasteiger partial charge on any atom is 0.213 e. The summed E-state index contributed by atoms with van der Waals surface area (Å²) < 4.78 is 25.5. The molecule has 152 valence electrons. The van der Waals surface area contributed by atoms with Gasteiger partial charge in [0, 0.05) is 17.5 Å². The molecule has 3 aromatic carbocycles. The molecule has 2 unspecified atom stereocenters. The second-order valence-corrected chi connectivity index (χ2v) is 7.90. The minimum absolute atomic E-state index is 0.0755. The van der Waals surface area contributed by atoms with Gasteiger partial charge >= 0.3 is 0 Å². The van der Waals surface area contributed by atoms with Gasteiger partial charge in [-0.1, -0.05) is 30.3 Å². The Balaban J connectivity index is 1.50. The molecule has 0 bridgehead atoms. The van der Waals surface area contributed by atoms with Crippen LogP contribution in [0.3, 0.4) is 0 Å². The summed E-state index contributed by atoms with van der Waals surface area (Å²) in [5.41, 5.74) is 4.07. The van der Waals surface area contributed by atoms with Crippen LogP contribution in [-0.2, 0) is 0 Å². The highest BCUT2D eigenvalue weighted by atomic mass is 19.1. The van der Waals surface area contributed by atoms with Gasteiger partial charge in [0.2, 0.25) is 6.23 Å². The van der Waals surface area contributed by atoms with Gasteiger partial charge in [-0.2, -0.15) is 5.10 Å². The molecular weight excluding hydrogens is 379 g/mol. The summed E-state index contributed by atoms with van der Waals surface area (Å²) in [6.45, 7) is 4.03. The number of ether oxygens (including phenoxy) is 2. The average molecular weight is 402 g/mol. The van der Waals surface area contributed by atoms with Crippen LogP contribution in [0.1, 0.15) is 49.2 Å². The first kappa shape index (κ1) is 18.7. The highest BCUT2D eigenvalue weighted by Gasteiger charge is 2.40. The lowest BCUT2D eigenvalue weighted by Gasteiger charge is -2.38. The van der Waals surface area contributed by atoms with Gasteiger partial charge in [0.15, 0.2) is 0 Å². The third-order valence-electron chi connectivity index (χ3n) is 5.41. The van der Waals surface area contributed by atoms with Gasteiger partial charge in [0.25, 0.3) is 0 Å². The van der Waals surface area contributed by atoms with Crippen LogP contribution in [0.5, 0.6) is 11.5 Å². The van der Waals surface area contributed by atoms with E-state index in [0.717, 1.165) is 40.3 Å². The van der Waals surface area contributed by atoms with Crippen molar-refractivity contribution in [3.63, 3.8) is 0 Å². The van der Waals surface area contributed by atoms with E-state index in [9.17, 15) is 4.39 Å². The van der Waals surface area contributed by atoms with E-state index in [1.54, 1.807) is 12.1 Å². The number of nitrogens with zero attached hydrogens (tertiary/aromatic N) is 2. The van der Waals surface area contributed by atoms with Crippen molar-refractivity contribution in [1.29, 1.82) is 0 Å². The third-order valence-corrected chi connectivity index (χ3v) is 5.41. The summed E-state index contributed by atoms with van der Waals surface area (Å²) in [4.78, 5) is 0. The summed E-state index contributed by atoms with van der Waals surface area (Å²) in [5, 5.41) is 6.94. The van der Waals surface area contributed by atoms with E-state index in [1.807, 2.05) is 49.2 Å². The molecule has 3 aromatic rings. The molecule has 0 amide bonds. The Kier molecular flexibility index (Phi) is 4.66. The Morgan fingerprint density at radius 2 is 1.73 bits per heavy atom. The molecule has 0 saturated carbocycles. The highest BCUT2D eigenvalue weighted by Crippen LogP contribution is 2.47. The molecule has 2 aliphatic rings. The molecule has 5 heteroatoms. The van der Waals surface area contributed by atoms with Gasteiger partial charge in [-0.25, -0.2) is 9.40 Å². The molecule has 0 aliphatic carbocycles. The second kappa shape index (κ2) is 7.48. The van der Waals surface area contributed by atoms with Crippen molar-refractivity contribution in [2.75, 3.05) is 0 Å². The van der Waals surface area contributed by atoms with Crippen LogP contribution in [-0.4, -0.2) is 16.8 Å². The maximum atomic E-state index is 13.5. The zero-order valence-electron chi connectivity index (χ0n) is 17.0. The Labute approximate surface area is 175 Å². The van der Waals surface area contributed by atoms with Crippen LogP contribution in [0, 0.1) is 5.82 Å². The van der Waals surface area contributed by atoms with Gasteiger partial charge < -0.3 is 9.47 Å². The molecule has 0 spiro atoms. The molecule has 0 radical (unpaired) electrons. The number of benzene rings is 3. The quantitative estimate of drug-likeness (QED) is 0.549. The van der Waals surface area contributed by atoms with E-state index in [0.29, 0.717) is 0 Å². The zero-order valence-corrected chi connectivity index (χ0v) is 17.0. The van der Waals surface area contributed by atoms with Crippen LogP contribution >= 0.6 is 0 Å². The van der Waals surface area contributed by atoms with Gasteiger partial charge in [-0.3, -0.25) is 0 Å². The lowest BCUT2D eigenvalue weighted by Crippen LogP contribution is -2.33. The SMILES string of the molecule is CC(C)Oc1ccc(C2=NN3C(C2)c2ccccc2OC3c2ccc(F)cc2)cc1. The molecule has 2 aliphatic heterocycles. The molecular formula is C25H23FN2O2. The van der Waals surface area contributed by atoms with Crippen LogP contribution < -0.4 is 9.47 Å². The molecule has 0 aromatic heterocycles. The fourth-order valence-electron chi connectivity index (χ4n) is 4.05. The summed E-state index contributed by atoms with van der Waals surface area (Å²) in [6, 6.07) is 22.7. The number of fused-ring (bicyclic) bond motifs is 3. The van der Waals surface area contributed by atoms with Crippen molar-refractivity contribution in [2.45, 2.75) is 38.6 Å². The molecule has 4 nitrogen and oxygen atoms in total. The molecule has 30 heavy (non-hydrogen) atoms. The van der Waals surface area contributed by atoms with E-state index in [4.69, 9.17) is 14.6 Å². The normalized spacial score (nSPS) is 19.7. The number of halogens is 1. The molecule has 2 heterocycles. The minimum Gasteiger partial charge on any atom is -0.491 e. The minimum atomic E-state index is -0.397. The van der Waals surface area contributed by atoms with Crippen molar-refractivity contribution < 1.29 is 13.9 Å². The third kappa shape index (κ3) is 3.41. The first-order valence-corrected chi connectivity index (χ1v) is 10.2. The largest absolute Gasteiger partial charge is 0.491 e. The van der Waals surface area contributed by atoms with Gasteiger partial charge in [-0.05, 0) is 61.9 Å². The standard InChI is InChI=1S/C25H23FN2O2/c1-16(2)29-20-13-9-17(10-14-20)22-15-23-21-5-3-4-6-24(21)30-25(28(23)27-22)18-7-11-19(26)12-8-18/h3-14,16,23,25H,15H2,1-2H3. The lowest BCUT2D eigenvalue weighted by atomic mass is 9.96. The summed E-state index contributed by atoms with van der Waals surface area (Å²) >= 11 is 0. The average Bonchev–Trinajstić information content (AvgIpc) is 3.20. The van der Waals surface area contributed by atoms with E-state index >= 15 is 0 Å². The monoisotopic (exact) mass is 402 g/mol. The summed E-state index contributed by atoms with van der Waals surface area (Å²) in [5.74, 6) is 1.44. The Morgan fingerprint density at radius 3 is 2.47 bits per heavy atom. The molecule has 0 fully saturated rings. The van der Waals surface area contributed by atoms with Crippen LogP contribution in [0.15, 0.2) is 77.9 Å². The van der Waals surface area contributed by atoms with Crippen molar-refractivity contribution in [2.24, 2.45) is 5.10 Å². The Morgan fingerprint density at radius 1 is 1.00 bits per heavy atom. The number of rotatable bonds is 4. The highest BCUT2D eigenvalue weighted by molar-refractivity contribution is 6.02. The topological polar surface area (TPSA) is 34.1 Å². The van der Waals surface area contributed by atoms with Crippen molar-refractivity contribution in [3.8, 4) is 11.5 Å². The van der Waals surface area contributed by atoms with Crippen molar-refractivity contribution >= 4 is 5.71 Å². The van der Waals surface area contributed by atoms with Crippen LogP contribution in [0.25, 0.3) is 0 Å². The van der Waals surface area contributed by atoms with Crippen LogP contribution in [0.4, 0.5) is 4.39 Å². The molecule has 2 atom stereocenters. The molecule has 5 rings (SSSR count). The first-order chi connectivity index (χ1) is 14.6. The van der Waals surface area contributed by atoms with Gasteiger partial charge in [0.05, 0.1) is 17.9 Å². The molecule has 0 N–H and O–H groups in total. The van der Waals surface area contributed by atoms with Crippen LogP contribution in [0.2, 0.25) is 0 Å². The summed E-state index contributed by atoms with van der Waals surface area (Å²) in [6.07, 6.45) is 0.521. The van der Waals surface area contributed by atoms with E-state index < -0.39 is 6.23 Å². The van der Waals surface area contributed by atoms with E-state index in [1.165, 1.54) is 12.1 Å². The number of hydrazone groups is 1.